The predicted molar refractivity (Wildman–Crippen MR) is 81.7 cm³/mol. The normalized spacial score (nSPS) is 16.4. The number of fused-ring (bicyclic) bond motifs is 1. The summed E-state index contributed by atoms with van der Waals surface area (Å²) in [5, 5.41) is 3.61. The molecule has 0 bridgehead atoms. The van der Waals surface area contributed by atoms with Gasteiger partial charge in [0.1, 0.15) is 24.1 Å². The number of para-hydroxylation sites is 2. The Morgan fingerprint density at radius 3 is 2.90 bits per heavy atom. The van der Waals surface area contributed by atoms with Crippen molar-refractivity contribution in [2.45, 2.75) is 6.04 Å². The Morgan fingerprint density at radius 2 is 2.14 bits per heavy atom. The lowest BCUT2D eigenvalue weighted by Crippen LogP contribution is -2.38. The number of carbonyl (C=O) groups excluding carboxylic acids is 1. The number of ether oxygens (including phenoxy) is 2. The molecule has 2 aromatic rings. The van der Waals surface area contributed by atoms with Gasteiger partial charge in [-0.15, -0.1) is 0 Å². The number of rotatable bonds is 3. The predicted octanol–water partition coefficient (Wildman–Crippen LogP) is 3.40. The molecule has 1 unspecified atom stereocenters. The maximum atomic E-state index is 12.5. The third-order valence-corrected chi connectivity index (χ3v) is 3.67. The van der Waals surface area contributed by atoms with Crippen molar-refractivity contribution in [3.63, 3.8) is 0 Å². The van der Waals surface area contributed by atoms with Crippen LogP contribution in [0.15, 0.2) is 42.5 Å². The van der Waals surface area contributed by atoms with Crippen LogP contribution in [-0.2, 0) is 0 Å². The molecule has 1 aliphatic rings. The Hall–Kier alpha value is -2.20. The van der Waals surface area contributed by atoms with E-state index < -0.39 is 6.04 Å². The second-order valence-electron chi connectivity index (χ2n) is 4.72. The van der Waals surface area contributed by atoms with E-state index in [1.165, 1.54) is 7.11 Å². The fraction of sp³-hybridized carbons (Fsp3) is 0.188. The molecule has 5 heteroatoms. The van der Waals surface area contributed by atoms with Gasteiger partial charge in [-0.1, -0.05) is 23.7 Å². The molecule has 1 aliphatic heterocycles. The molecule has 0 saturated carbocycles. The lowest BCUT2D eigenvalue weighted by atomic mass is 10.0. The van der Waals surface area contributed by atoms with E-state index in [0.717, 1.165) is 11.4 Å². The quantitative estimate of drug-likeness (QED) is 0.883. The minimum atomic E-state index is -0.427. The lowest BCUT2D eigenvalue weighted by Gasteiger charge is -2.26. The van der Waals surface area contributed by atoms with E-state index in [0.29, 0.717) is 22.9 Å². The summed E-state index contributed by atoms with van der Waals surface area (Å²) in [4.78, 5) is 12.5. The van der Waals surface area contributed by atoms with Gasteiger partial charge in [-0.05, 0) is 30.3 Å². The number of halogens is 1. The van der Waals surface area contributed by atoms with Gasteiger partial charge in [0.2, 0.25) is 0 Å². The average Bonchev–Trinajstić information content (AvgIpc) is 2.53. The average molecular weight is 304 g/mol. The van der Waals surface area contributed by atoms with Gasteiger partial charge in [-0.2, -0.15) is 0 Å². The van der Waals surface area contributed by atoms with Crippen molar-refractivity contribution in [3.8, 4) is 11.5 Å². The van der Waals surface area contributed by atoms with Crippen molar-refractivity contribution in [2.24, 2.45) is 0 Å². The van der Waals surface area contributed by atoms with E-state index >= 15 is 0 Å². The number of carbonyl (C=O) groups is 1. The lowest BCUT2D eigenvalue weighted by molar-refractivity contribution is 0.0938. The highest BCUT2D eigenvalue weighted by molar-refractivity contribution is 6.32. The fourth-order valence-corrected chi connectivity index (χ4v) is 2.53. The van der Waals surface area contributed by atoms with E-state index in [9.17, 15) is 4.79 Å². The maximum absolute atomic E-state index is 12.5. The summed E-state index contributed by atoms with van der Waals surface area (Å²) in [5.74, 6) is 1.25. The Kier molecular flexibility index (Phi) is 3.71. The Bertz CT molecular complexity index is 687. The van der Waals surface area contributed by atoms with E-state index in [-0.39, 0.29) is 5.78 Å². The van der Waals surface area contributed by atoms with Crippen LogP contribution in [0.1, 0.15) is 10.4 Å². The minimum absolute atomic E-state index is 0.0611. The molecule has 0 aromatic heterocycles. The molecular weight excluding hydrogens is 290 g/mol. The highest BCUT2D eigenvalue weighted by Crippen LogP contribution is 2.30. The summed E-state index contributed by atoms with van der Waals surface area (Å²) in [6.07, 6.45) is 0. The first kappa shape index (κ1) is 13.8. The molecule has 0 aliphatic carbocycles. The van der Waals surface area contributed by atoms with Crippen LogP contribution in [0.5, 0.6) is 11.5 Å². The van der Waals surface area contributed by atoms with Gasteiger partial charge in [0.15, 0.2) is 5.78 Å². The summed E-state index contributed by atoms with van der Waals surface area (Å²) in [5.41, 5.74) is 1.35. The van der Waals surface area contributed by atoms with E-state index in [1.807, 2.05) is 24.3 Å². The first-order valence-electron chi connectivity index (χ1n) is 6.55. The van der Waals surface area contributed by atoms with Crippen LogP contribution in [0.2, 0.25) is 5.02 Å². The van der Waals surface area contributed by atoms with Crippen LogP contribution < -0.4 is 14.8 Å². The molecular formula is C16H14ClNO3. The largest absolute Gasteiger partial charge is 0.495 e. The van der Waals surface area contributed by atoms with Crippen molar-refractivity contribution in [1.29, 1.82) is 0 Å². The second-order valence-corrected chi connectivity index (χ2v) is 5.12. The molecule has 0 spiro atoms. The van der Waals surface area contributed by atoms with Crippen molar-refractivity contribution in [1.82, 2.24) is 0 Å². The molecule has 3 rings (SSSR count). The molecule has 0 radical (unpaired) electrons. The summed E-state index contributed by atoms with van der Waals surface area (Å²) < 4.78 is 10.7. The van der Waals surface area contributed by atoms with Crippen LogP contribution in [0.4, 0.5) is 5.69 Å². The Morgan fingerprint density at radius 1 is 1.33 bits per heavy atom. The van der Waals surface area contributed by atoms with Crippen LogP contribution in [0, 0.1) is 0 Å². The molecule has 108 valence electrons. The number of benzene rings is 2. The monoisotopic (exact) mass is 303 g/mol. The first-order valence-corrected chi connectivity index (χ1v) is 6.93. The number of nitrogens with one attached hydrogen (secondary N) is 1. The maximum Gasteiger partial charge on any atom is 0.188 e. The van der Waals surface area contributed by atoms with E-state index in [1.54, 1.807) is 18.2 Å². The van der Waals surface area contributed by atoms with Crippen LogP contribution >= 0.6 is 11.6 Å². The summed E-state index contributed by atoms with van der Waals surface area (Å²) in [7, 11) is 1.54. The van der Waals surface area contributed by atoms with Crippen molar-refractivity contribution < 1.29 is 14.3 Å². The van der Waals surface area contributed by atoms with Gasteiger partial charge < -0.3 is 14.8 Å². The molecule has 4 nitrogen and oxygen atoms in total. The number of hydrogen-bond acceptors (Lipinski definition) is 4. The van der Waals surface area contributed by atoms with E-state index in [4.69, 9.17) is 21.1 Å². The second kappa shape index (κ2) is 5.66. The smallest absolute Gasteiger partial charge is 0.188 e. The Balaban J connectivity index is 1.82. The number of anilines is 1. The number of hydrogen-bond donors (Lipinski definition) is 1. The highest BCUT2D eigenvalue weighted by Gasteiger charge is 2.26. The molecule has 2 aromatic carbocycles. The summed E-state index contributed by atoms with van der Waals surface area (Å²) >= 11 is 6.06. The van der Waals surface area contributed by atoms with Gasteiger partial charge in [0, 0.05) is 5.56 Å². The van der Waals surface area contributed by atoms with Crippen LogP contribution in [-0.4, -0.2) is 25.5 Å². The third-order valence-electron chi connectivity index (χ3n) is 3.38. The van der Waals surface area contributed by atoms with Crippen molar-refractivity contribution in [3.05, 3.63) is 53.1 Å². The first-order chi connectivity index (χ1) is 10.2. The van der Waals surface area contributed by atoms with Crippen molar-refractivity contribution in [2.75, 3.05) is 19.0 Å². The standard InChI is InChI=1S/C16H14ClNO3/c1-20-14-7-6-10(8-11(14)17)16(19)13-9-21-15-5-3-2-4-12(15)18-13/h2-8,13,18H,9H2,1H3. The molecule has 1 heterocycles. The SMILES string of the molecule is COc1ccc(C(=O)C2COc3ccccc3N2)cc1Cl. The number of Topliss-reactive ketones (excluding diaryl/α,β-unsaturated/α-hetero) is 1. The van der Waals surface area contributed by atoms with Gasteiger partial charge in [0.25, 0.3) is 0 Å². The molecule has 1 atom stereocenters. The van der Waals surface area contributed by atoms with Gasteiger partial charge >= 0.3 is 0 Å². The number of ketones is 1. The molecule has 21 heavy (non-hydrogen) atoms. The van der Waals surface area contributed by atoms with Crippen LogP contribution in [0.25, 0.3) is 0 Å². The van der Waals surface area contributed by atoms with E-state index in [2.05, 4.69) is 5.32 Å². The molecule has 0 fully saturated rings. The van der Waals surface area contributed by atoms with Gasteiger partial charge in [-0.3, -0.25) is 4.79 Å². The van der Waals surface area contributed by atoms with Gasteiger partial charge in [-0.25, -0.2) is 0 Å². The highest BCUT2D eigenvalue weighted by atomic mass is 35.5. The summed E-state index contributed by atoms with van der Waals surface area (Å²) in [6, 6.07) is 12.1. The zero-order valence-electron chi connectivity index (χ0n) is 11.4. The molecule has 0 saturated heterocycles. The topological polar surface area (TPSA) is 47.6 Å². The Labute approximate surface area is 127 Å². The molecule has 0 amide bonds. The van der Waals surface area contributed by atoms with Crippen molar-refractivity contribution >= 4 is 23.1 Å². The van der Waals surface area contributed by atoms with Gasteiger partial charge in [0.05, 0.1) is 17.8 Å². The zero-order valence-corrected chi connectivity index (χ0v) is 12.2. The zero-order chi connectivity index (χ0) is 14.8. The van der Waals surface area contributed by atoms with Crippen LogP contribution in [0.3, 0.4) is 0 Å². The number of methoxy groups -OCH3 is 1. The third kappa shape index (κ3) is 2.67. The molecule has 1 N–H and O–H groups in total. The summed E-state index contributed by atoms with van der Waals surface area (Å²) in [6.45, 7) is 0.291. The minimum Gasteiger partial charge on any atom is -0.495 e. The fourth-order valence-electron chi connectivity index (χ4n) is 2.28.